The average Bonchev–Trinajstić information content (AvgIpc) is 3.18. The molecule has 42 heavy (non-hydrogen) atoms. The zero-order valence-corrected chi connectivity index (χ0v) is 25.9. The van der Waals surface area contributed by atoms with Crippen LogP contribution in [0.25, 0.3) is 10.8 Å². The van der Waals surface area contributed by atoms with Gasteiger partial charge in [0.2, 0.25) is 7.28 Å². The number of anilines is 1. The first-order valence-corrected chi connectivity index (χ1v) is 17.1. The number of hydrogen-bond donors (Lipinski definition) is 0. The van der Waals surface area contributed by atoms with E-state index in [0.717, 1.165) is 27.7 Å². The molecular weight excluding hydrogens is 583 g/mol. The Morgan fingerprint density at radius 3 is 2.17 bits per heavy atom. The van der Waals surface area contributed by atoms with Gasteiger partial charge in [-0.3, -0.25) is 0 Å². The fourth-order valence-electron chi connectivity index (χ4n) is 5.48. The maximum absolute atomic E-state index is 14.1. The lowest BCUT2D eigenvalue weighted by molar-refractivity contribution is 0.594. The Morgan fingerprint density at radius 1 is 0.810 bits per heavy atom. The molecule has 1 aliphatic heterocycles. The number of sulfonamides is 1. The second kappa shape index (κ2) is 10.8. The van der Waals surface area contributed by atoms with Gasteiger partial charge in [-0.2, -0.15) is 8.42 Å². The normalized spacial score (nSPS) is 16.7. The third-order valence-corrected chi connectivity index (χ3v) is 12.7. The van der Waals surface area contributed by atoms with Crippen molar-refractivity contribution in [1.29, 1.82) is 0 Å². The maximum atomic E-state index is 14.1. The third-order valence-electron chi connectivity index (χ3n) is 7.67. The molecule has 0 radical (unpaired) electrons. The van der Waals surface area contributed by atoms with Crippen molar-refractivity contribution in [3.63, 3.8) is 0 Å². The molecule has 0 amide bonds. The summed E-state index contributed by atoms with van der Waals surface area (Å²) in [7, 11) is -5.62. The number of halogens is 1. The van der Waals surface area contributed by atoms with Crippen molar-refractivity contribution in [1.82, 2.24) is 0 Å². The molecule has 0 fully saturated rings. The number of likely N-dealkylation sites (N-methyl/N-ethyl adjacent to an activating group) is 1. The van der Waals surface area contributed by atoms with Crippen molar-refractivity contribution in [2.75, 3.05) is 11.9 Å². The van der Waals surface area contributed by atoms with Gasteiger partial charge in [0.25, 0.3) is 10.0 Å². The summed E-state index contributed by atoms with van der Waals surface area (Å²) >= 11 is 6.09. The minimum Gasteiger partial charge on any atom is -0.451 e. The van der Waals surface area contributed by atoms with E-state index in [4.69, 9.17) is 20.3 Å². The lowest BCUT2D eigenvalue weighted by Gasteiger charge is -2.29. The van der Waals surface area contributed by atoms with E-state index in [1.54, 1.807) is 12.1 Å². The Morgan fingerprint density at radius 2 is 1.45 bits per heavy atom. The zero-order chi connectivity index (χ0) is 29.5. The van der Waals surface area contributed by atoms with E-state index in [-0.39, 0.29) is 4.90 Å². The molecule has 0 N–H and O–H groups in total. The molecule has 0 aliphatic carbocycles. The molecule has 1 heterocycles. The van der Waals surface area contributed by atoms with E-state index < -0.39 is 22.7 Å². The number of nitrogens with zero attached hydrogens (tertiary/aromatic N) is 2. The van der Waals surface area contributed by atoms with Gasteiger partial charge in [0.15, 0.2) is 0 Å². The molecule has 0 unspecified atom stereocenters. The largest absolute Gasteiger partial charge is 0.451 e. The van der Waals surface area contributed by atoms with Crippen molar-refractivity contribution < 1.29 is 12.9 Å². The molecule has 0 saturated carbocycles. The Bertz CT molecular complexity index is 1990. The standard InChI is InChI=1S/C34H30ClN2O3PS/c1-34(2)31-15-9-10-16-32(31)37(3)33(34)24-41(29-13-5-4-6-14-29,36-42(38,39)30-21-18-27(35)19-22-30)40-28-20-17-25-11-7-8-12-26(25)23-28/h4-24H,1-3H3/b33-24-/t41-/m0/s1. The zero-order valence-electron chi connectivity index (χ0n) is 23.5. The van der Waals surface area contributed by atoms with Gasteiger partial charge < -0.3 is 9.42 Å². The summed E-state index contributed by atoms with van der Waals surface area (Å²) in [6.45, 7) is 4.29. The van der Waals surface area contributed by atoms with Gasteiger partial charge in [-0.05, 0) is 70.9 Å². The summed E-state index contributed by atoms with van der Waals surface area (Å²) in [4.78, 5) is 2.16. The molecule has 0 saturated heterocycles. The summed E-state index contributed by atoms with van der Waals surface area (Å²) < 4.78 is 39.8. The Hall–Kier alpha value is -3.83. The highest BCUT2D eigenvalue weighted by molar-refractivity contribution is 7.95. The monoisotopic (exact) mass is 612 g/mol. The fraction of sp³-hybridized carbons (Fsp3) is 0.118. The van der Waals surface area contributed by atoms with Gasteiger partial charge in [-0.25, -0.2) is 0 Å². The first kappa shape index (κ1) is 28.3. The Balaban J connectivity index is 1.66. The van der Waals surface area contributed by atoms with E-state index in [1.807, 2.05) is 97.8 Å². The molecule has 0 bridgehead atoms. The van der Waals surface area contributed by atoms with E-state index in [0.29, 0.717) is 16.1 Å². The predicted molar refractivity (Wildman–Crippen MR) is 175 cm³/mol. The van der Waals surface area contributed by atoms with Gasteiger partial charge in [0.1, 0.15) is 5.75 Å². The minimum atomic E-state index is -4.18. The van der Waals surface area contributed by atoms with Gasteiger partial charge >= 0.3 is 0 Å². The number of allylic oxidation sites excluding steroid dienone is 1. The molecule has 5 nitrogen and oxygen atoms in total. The van der Waals surface area contributed by atoms with Crippen LogP contribution in [0.5, 0.6) is 5.75 Å². The molecule has 0 spiro atoms. The van der Waals surface area contributed by atoms with Crippen molar-refractivity contribution in [3.8, 4) is 5.75 Å². The SMILES string of the molecule is CN1/C(=C\[P@](=NS(=O)(=O)c2ccc(Cl)cc2)(Oc2ccc3ccccc3c2)c2ccccc2)C(C)(C)c2ccccc21. The number of rotatable bonds is 6. The maximum Gasteiger partial charge on any atom is 0.284 e. The van der Waals surface area contributed by atoms with Gasteiger partial charge in [-0.1, -0.05) is 92.2 Å². The molecular formula is C34H30ClN2O3PS. The quantitative estimate of drug-likeness (QED) is 0.180. The Labute approximate surface area is 252 Å². The molecule has 8 heteroatoms. The molecule has 0 aromatic heterocycles. The highest BCUT2D eigenvalue weighted by atomic mass is 35.5. The number of hydrogen-bond acceptors (Lipinski definition) is 4. The van der Waals surface area contributed by atoms with E-state index in [9.17, 15) is 8.42 Å². The summed E-state index contributed by atoms with van der Waals surface area (Å²) in [6.07, 6.45) is 0. The van der Waals surface area contributed by atoms with Gasteiger partial charge in [-0.15, -0.1) is 4.15 Å². The van der Waals surface area contributed by atoms with Crippen LogP contribution in [-0.2, 0) is 15.4 Å². The molecule has 6 rings (SSSR count). The van der Waals surface area contributed by atoms with E-state index >= 15 is 0 Å². The van der Waals surface area contributed by atoms with Crippen molar-refractivity contribution in [2.24, 2.45) is 4.15 Å². The molecule has 212 valence electrons. The molecule has 1 atom stereocenters. The van der Waals surface area contributed by atoms with Crippen LogP contribution in [0.15, 0.2) is 142 Å². The highest BCUT2D eigenvalue weighted by Gasteiger charge is 2.41. The number of para-hydroxylation sites is 1. The summed E-state index contributed by atoms with van der Waals surface area (Å²) in [5, 5.41) is 3.17. The van der Waals surface area contributed by atoms with Crippen molar-refractivity contribution in [2.45, 2.75) is 24.2 Å². The first-order chi connectivity index (χ1) is 20.1. The number of benzene rings is 5. The van der Waals surface area contributed by atoms with Crippen LogP contribution in [0.4, 0.5) is 5.69 Å². The van der Waals surface area contributed by atoms with Crippen LogP contribution in [0.3, 0.4) is 0 Å². The van der Waals surface area contributed by atoms with Crippen molar-refractivity contribution >= 4 is 50.7 Å². The molecule has 5 aromatic rings. The average molecular weight is 613 g/mol. The van der Waals surface area contributed by atoms with Crippen LogP contribution >= 0.6 is 18.9 Å². The van der Waals surface area contributed by atoms with Crippen LogP contribution < -0.4 is 14.7 Å². The van der Waals surface area contributed by atoms with E-state index in [1.165, 1.54) is 12.1 Å². The second-order valence-electron chi connectivity index (χ2n) is 10.8. The highest BCUT2D eigenvalue weighted by Crippen LogP contribution is 2.58. The molecule has 5 aromatic carbocycles. The molecule has 1 aliphatic rings. The van der Waals surface area contributed by atoms with E-state index in [2.05, 4.69) is 30.9 Å². The predicted octanol–water partition coefficient (Wildman–Crippen LogP) is 8.97. The summed E-state index contributed by atoms with van der Waals surface area (Å²) in [5.74, 6) is 2.50. The Kier molecular flexibility index (Phi) is 7.26. The van der Waals surface area contributed by atoms with Crippen molar-refractivity contribution in [3.05, 3.63) is 143 Å². The summed E-state index contributed by atoms with van der Waals surface area (Å²) in [6, 6.07) is 37.5. The second-order valence-corrected chi connectivity index (χ2v) is 15.5. The van der Waals surface area contributed by atoms with Crippen LogP contribution in [0.1, 0.15) is 19.4 Å². The minimum absolute atomic E-state index is 0.0510. The van der Waals surface area contributed by atoms with Gasteiger partial charge in [0.05, 0.1) is 4.90 Å². The van der Waals surface area contributed by atoms with Crippen LogP contribution in [-0.4, -0.2) is 15.5 Å². The first-order valence-electron chi connectivity index (χ1n) is 13.5. The smallest absolute Gasteiger partial charge is 0.284 e. The summed E-state index contributed by atoms with van der Waals surface area (Å²) in [5.41, 5.74) is 2.69. The van der Waals surface area contributed by atoms with Gasteiger partial charge in [0, 0.05) is 40.0 Å². The topological polar surface area (TPSA) is 59.0 Å². The lowest BCUT2D eigenvalue weighted by Crippen LogP contribution is -2.24. The van der Waals surface area contributed by atoms with Crippen LogP contribution in [0.2, 0.25) is 5.02 Å². The lowest BCUT2D eigenvalue weighted by atomic mass is 9.84. The third kappa shape index (κ3) is 5.15. The number of fused-ring (bicyclic) bond motifs is 2. The van der Waals surface area contributed by atoms with Crippen LogP contribution in [0, 0.1) is 0 Å². The fourth-order valence-corrected chi connectivity index (χ4v) is 10.6.